The Morgan fingerprint density at radius 2 is 1.46 bits per heavy atom. The van der Waals surface area contributed by atoms with Crippen molar-refractivity contribution in [1.82, 2.24) is 0 Å². The summed E-state index contributed by atoms with van der Waals surface area (Å²) in [6.45, 7) is 6.06. The minimum absolute atomic E-state index is 0.00896. The van der Waals surface area contributed by atoms with E-state index in [1.165, 1.54) is 89.9 Å². The van der Waals surface area contributed by atoms with Gasteiger partial charge < -0.3 is 4.74 Å². The molecule has 3 aliphatic carbocycles. The van der Waals surface area contributed by atoms with E-state index in [0.29, 0.717) is 11.5 Å². The van der Waals surface area contributed by atoms with E-state index in [1.807, 2.05) is 0 Å². The Balaban J connectivity index is 1.20. The van der Waals surface area contributed by atoms with Crippen molar-refractivity contribution in [2.24, 2.45) is 29.6 Å². The summed E-state index contributed by atoms with van der Waals surface area (Å²) in [5.74, 6) is 2.94. The third-order valence-corrected chi connectivity index (χ3v) is 9.76. The first-order valence-corrected chi connectivity index (χ1v) is 14.8. The molecule has 0 aliphatic heterocycles. The zero-order valence-corrected chi connectivity index (χ0v) is 22.1. The maximum Gasteiger partial charge on any atom is 0.200 e. The van der Waals surface area contributed by atoms with Gasteiger partial charge in [0.25, 0.3) is 0 Å². The van der Waals surface area contributed by atoms with Gasteiger partial charge in [0.1, 0.15) is 6.61 Å². The molecule has 0 N–H and O–H groups in total. The molecule has 3 aliphatic rings. The van der Waals surface area contributed by atoms with E-state index in [9.17, 15) is 8.78 Å². The molecule has 3 heteroatoms. The second-order valence-electron chi connectivity index (χ2n) is 12.0. The summed E-state index contributed by atoms with van der Waals surface area (Å²) in [5, 5.41) is 0. The Kier molecular flexibility index (Phi) is 10.1. The second-order valence-corrected chi connectivity index (χ2v) is 12.0. The largest absolute Gasteiger partial charge is 0.486 e. The zero-order chi connectivity index (χ0) is 24.6. The van der Waals surface area contributed by atoms with Crippen molar-refractivity contribution in [3.8, 4) is 5.75 Å². The normalized spacial score (nSPS) is 31.1. The molecule has 1 aromatic carbocycles. The Morgan fingerprint density at radius 3 is 2.20 bits per heavy atom. The first-order valence-electron chi connectivity index (χ1n) is 14.8. The van der Waals surface area contributed by atoms with Gasteiger partial charge in [0.05, 0.1) is 0 Å². The molecule has 3 saturated carbocycles. The van der Waals surface area contributed by atoms with E-state index >= 15 is 0 Å². The summed E-state index contributed by atoms with van der Waals surface area (Å²) < 4.78 is 34.6. The van der Waals surface area contributed by atoms with E-state index in [1.54, 1.807) is 18.2 Å². The van der Waals surface area contributed by atoms with Gasteiger partial charge in [0, 0.05) is 0 Å². The van der Waals surface area contributed by atoms with Crippen molar-refractivity contribution >= 4 is 0 Å². The predicted octanol–water partition coefficient (Wildman–Crippen LogP) is 10.00. The predicted molar refractivity (Wildman–Crippen MR) is 142 cm³/mol. The van der Waals surface area contributed by atoms with Crippen LogP contribution in [0, 0.1) is 41.2 Å². The molecule has 4 atom stereocenters. The topological polar surface area (TPSA) is 9.23 Å². The van der Waals surface area contributed by atoms with Crippen molar-refractivity contribution < 1.29 is 13.5 Å². The summed E-state index contributed by atoms with van der Waals surface area (Å²) in [5.41, 5.74) is 0.555. The lowest BCUT2D eigenvalue weighted by molar-refractivity contribution is 0.107. The van der Waals surface area contributed by atoms with Crippen LogP contribution in [0.3, 0.4) is 0 Å². The Hall–Kier alpha value is -1.38. The number of hydrogen-bond donors (Lipinski definition) is 0. The monoisotopic (exact) mass is 486 g/mol. The molecule has 0 bridgehead atoms. The summed E-state index contributed by atoms with van der Waals surface area (Å²) in [7, 11) is 0. The number of rotatable bonds is 11. The van der Waals surface area contributed by atoms with Gasteiger partial charge in [-0.25, -0.2) is 4.39 Å². The first kappa shape index (κ1) is 26.7. The summed E-state index contributed by atoms with van der Waals surface area (Å²) in [4.78, 5) is 0. The van der Waals surface area contributed by atoms with Crippen LogP contribution in [0.25, 0.3) is 0 Å². The van der Waals surface area contributed by atoms with E-state index in [2.05, 4.69) is 13.5 Å². The van der Waals surface area contributed by atoms with E-state index in [4.69, 9.17) is 4.74 Å². The lowest BCUT2D eigenvalue weighted by Gasteiger charge is -2.43. The van der Waals surface area contributed by atoms with Crippen LogP contribution in [0.1, 0.15) is 121 Å². The molecule has 0 saturated heterocycles. The zero-order valence-electron chi connectivity index (χ0n) is 22.1. The van der Waals surface area contributed by atoms with Crippen molar-refractivity contribution in [1.29, 1.82) is 0 Å². The lowest BCUT2D eigenvalue weighted by atomic mass is 9.63. The van der Waals surface area contributed by atoms with Crippen molar-refractivity contribution in [2.75, 3.05) is 6.61 Å². The number of fused-ring (bicyclic) bond motifs is 1. The Morgan fingerprint density at radius 1 is 0.800 bits per heavy atom. The minimum atomic E-state index is -0.842. The van der Waals surface area contributed by atoms with Crippen LogP contribution in [0.15, 0.2) is 24.8 Å². The van der Waals surface area contributed by atoms with Crippen molar-refractivity contribution in [3.05, 3.63) is 42.0 Å². The highest BCUT2D eigenvalue weighted by molar-refractivity contribution is 5.33. The van der Waals surface area contributed by atoms with Crippen LogP contribution in [0.2, 0.25) is 0 Å². The van der Waals surface area contributed by atoms with Crippen LogP contribution >= 0.6 is 0 Å². The highest BCUT2D eigenvalue weighted by Crippen LogP contribution is 2.49. The fourth-order valence-electron chi connectivity index (χ4n) is 7.62. The van der Waals surface area contributed by atoms with Gasteiger partial charge in [-0.3, -0.25) is 0 Å². The van der Waals surface area contributed by atoms with Crippen LogP contribution in [0.4, 0.5) is 8.78 Å². The number of unbranched alkanes of at least 4 members (excludes halogenated alkanes) is 2. The van der Waals surface area contributed by atoms with Crippen molar-refractivity contribution in [2.45, 2.75) is 116 Å². The number of benzene rings is 1. The van der Waals surface area contributed by atoms with Gasteiger partial charge in [0.15, 0.2) is 11.6 Å². The molecular weight excluding hydrogens is 438 g/mol. The average molecular weight is 487 g/mol. The van der Waals surface area contributed by atoms with E-state index < -0.39 is 11.6 Å². The highest BCUT2D eigenvalue weighted by atomic mass is 19.2. The van der Waals surface area contributed by atoms with E-state index in [0.717, 1.165) is 36.5 Å². The molecule has 4 unspecified atom stereocenters. The average Bonchev–Trinajstić information content (AvgIpc) is 2.89. The SMILES string of the molecule is C=CCOc1ccc(C2CCC3CC(CCC4CCC(CCCCC)CC4)CCC3C2)c(F)c1F. The fourth-order valence-corrected chi connectivity index (χ4v) is 7.62. The molecule has 3 fully saturated rings. The van der Waals surface area contributed by atoms with Gasteiger partial charge in [0.2, 0.25) is 5.82 Å². The minimum Gasteiger partial charge on any atom is -0.486 e. The molecule has 0 amide bonds. The molecular formula is C32H48F2O. The van der Waals surface area contributed by atoms with Crippen LogP contribution in [-0.4, -0.2) is 6.61 Å². The van der Waals surface area contributed by atoms with Crippen LogP contribution in [-0.2, 0) is 0 Å². The lowest BCUT2D eigenvalue weighted by Crippen LogP contribution is -2.31. The third kappa shape index (κ3) is 7.10. The number of halogens is 2. The van der Waals surface area contributed by atoms with Crippen molar-refractivity contribution in [3.63, 3.8) is 0 Å². The van der Waals surface area contributed by atoms with Gasteiger partial charge in [-0.1, -0.05) is 96.3 Å². The molecule has 1 nitrogen and oxygen atoms in total. The summed E-state index contributed by atoms with van der Waals surface area (Å²) in [6.07, 6.45) is 23.1. The number of hydrogen-bond acceptors (Lipinski definition) is 1. The molecule has 196 valence electrons. The Labute approximate surface area is 213 Å². The highest BCUT2D eigenvalue weighted by Gasteiger charge is 2.37. The second kappa shape index (κ2) is 13.2. The van der Waals surface area contributed by atoms with Gasteiger partial charge in [-0.2, -0.15) is 4.39 Å². The molecule has 1 aromatic rings. The van der Waals surface area contributed by atoms with Crippen LogP contribution < -0.4 is 4.74 Å². The Bertz CT molecular complexity index is 797. The third-order valence-electron chi connectivity index (χ3n) is 9.76. The molecule has 4 rings (SSSR count). The van der Waals surface area contributed by atoms with Crippen LogP contribution in [0.5, 0.6) is 5.75 Å². The van der Waals surface area contributed by atoms with Gasteiger partial charge in [-0.15, -0.1) is 0 Å². The summed E-state index contributed by atoms with van der Waals surface area (Å²) in [6, 6.07) is 3.35. The van der Waals surface area contributed by atoms with E-state index in [-0.39, 0.29) is 18.3 Å². The molecule has 0 radical (unpaired) electrons. The summed E-state index contributed by atoms with van der Waals surface area (Å²) >= 11 is 0. The maximum absolute atomic E-state index is 14.9. The first-order chi connectivity index (χ1) is 17.1. The van der Waals surface area contributed by atoms with Gasteiger partial charge in [-0.05, 0) is 79.2 Å². The molecule has 0 aromatic heterocycles. The van der Waals surface area contributed by atoms with Gasteiger partial charge >= 0.3 is 0 Å². The fraction of sp³-hybridized carbons (Fsp3) is 0.750. The quantitative estimate of drug-likeness (QED) is 0.223. The molecule has 0 heterocycles. The molecule has 35 heavy (non-hydrogen) atoms. The smallest absolute Gasteiger partial charge is 0.200 e. The standard InChI is InChI=1S/C32H48F2O/c1-3-5-6-7-23-8-10-24(11-9-23)12-13-25-14-15-27-22-28(17-16-26(27)21-25)29-18-19-30(35-20-4-2)32(34)31(29)33/h4,18-19,23-28H,2-3,5-17,20-22H2,1H3. The molecule has 0 spiro atoms. The maximum atomic E-state index is 14.9. The number of ether oxygens (including phenoxy) is 1.